The van der Waals surface area contributed by atoms with Crippen LogP contribution in [0, 0.1) is 0 Å². The predicted octanol–water partition coefficient (Wildman–Crippen LogP) is 5.81. The van der Waals surface area contributed by atoms with Gasteiger partial charge >= 0.3 is 5.97 Å². The summed E-state index contributed by atoms with van der Waals surface area (Å²) in [5.74, 6) is 0.935. The Bertz CT molecular complexity index is 1900. The van der Waals surface area contributed by atoms with Crippen molar-refractivity contribution in [3.05, 3.63) is 118 Å². The number of esters is 1. The SMILES string of the molecule is CCOC(=O)C1=C(C)N=c2s/c(=C/c3cc(Cl)c(OCc4ccccc4)c(OC)c3)c(=O)n2[C@@H]1c1ccc(OC)c(Br)c1. The van der Waals surface area contributed by atoms with Gasteiger partial charge in [0.15, 0.2) is 16.3 Å². The lowest BCUT2D eigenvalue weighted by Gasteiger charge is -2.25. The summed E-state index contributed by atoms with van der Waals surface area (Å²) in [4.78, 5) is 32.3. The minimum Gasteiger partial charge on any atom is -0.496 e. The molecule has 11 heteroatoms. The number of thiazole rings is 1. The molecule has 0 saturated carbocycles. The topological polar surface area (TPSA) is 88.4 Å². The molecule has 1 aliphatic rings. The Labute approximate surface area is 265 Å². The Kier molecular flexibility index (Phi) is 9.39. The van der Waals surface area contributed by atoms with E-state index < -0.39 is 12.0 Å². The van der Waals surface area contributed by atoms with E-state index >= 15 is 0 Å². The van der Waals surface area contributed by atoms with Crippen molar-refractivity contribution in [3.63, 3.8) is 0 Å². The second kappa shape index (κ2) is 13.2. The zero-order valence-electron chi connectivity index (χ0n) is 23.9. The third-order valence-corrected chi connectivity index (χ3v) is 8.67. The van der Waals surface area contributed by atoms with Crippen LogP contribution in [-0.4, -0.2) is 31.4 Å². The smallest absolute Gasteiger partial charge is 0.338 e. The van der Waals surface area contributed by atoms with E-state index in [2.05, 4.69) is 20.9 Å². The summed E-state index contributed by atoms with van der Waals surface area (Å²) in [6.07, 6.45) is 1.73. The molecule has 222 valence electrons. The van der Waals surface area contributed by atoms with Gasteiger partial charge < -0.3 is 18.9 Å². The number of carbonyl (C=O) groups excluding carboxylic acids is 1. The van der Waals surface area contributed by atoms with Crippen LogP contribution in [0.25, 0.3) is 6.08 Å². The highest BCUT2D eigenvalue weighted by atomic mass is 79.9. The summed E-state index contributed by atoms with van der Waals surface area (Å²) >= 11 is 11.4. The first-order chi connectivity index (χ1) is 20.7. The van der Waals surface area contributed by atoms with Crippen LogP contribution >= 0.6 is 38.9 Å². The van der Waals surface area contributed by atoms with Crippen LogP contribution in [0.2, 0.25) is 5.02 Å². The molecule has 0 unspecified atom stereocenters. The molecule has 0 fully saturated rings. The Morgan fingerprint density at radius 2 is 1.84 bits per heavy atom. The highest BCUT2D eigenvalue weighted by Crippen LogP contribution is 2.38. The van der Waals surface area contributed by atoms with Crippen molar-refractivity contribution in [1.29, 1.82) is 0 Å². The third-order valence-electron chi connectivity index (χ3n) is 6.78. The van der Waals surface area contributed by atoms with Crippen LogP contribution < -0.4 is 29.1 Å². The number of benzene rings is 3. The van der Waals surface area contributed by atoms with E-state index in [0.717, 1.165) is 5.56 Å². The van der Waals surface area contributed by atoms with E-state index in [1.807, 2.05) is 42.5 Å². The number of hydrogen-bond acceptors (Lipinski definition) is 8. The predicted molar refractivity (Wildman–Crippen MR) is 170 cm³/mol. The molecule has 0 bridgehead atoms. The number of methoxy groups -OCH3 is 2. The van der Waals surface area contributed by atoms with Gasteiger partial charge in [-0.05, 0) is 76.8 Å². The van der Waals surface area contributed by atoms with Gasteiger partial charge in [-0.15, -0.1) is 0 Å². The van der Waals surface area contributed by atoms with Crippen LogP contribution in [-0.2, 0) is 16.1 Å². The number of aromatic nitrogens is 1. The summed E-state index contributed by atoms with van der Waals surface area (Å²) in [6.45, 7) is 3.98. The van der Waals surface area contributed by atoms with E-state index in [-0.39, 0.29) is 12.2 Å². The summed E-state index contributed by atoms with van der Waals surface area (Å²) < 4.78 is 25.0. The van der Waals surface area contributed by atoms with Crippen LogP contribution in [0.3, 0.4) is 0 Å². The maximum absolute atomic E-state index is 14.0. The fourth-order valence-electron chi connectivity index (χ4n) is 4.80. The first-order valence-electron chi connectivity index (χ1n) is 13.3. The fraction of sp³-hybridized carbons (Fsp3) is 0.219. The molecule has 3 aromatic carbocycles. The molecular formula is C32H28BrClN2O6S. The van der Waals surface area contributed by atoms with E-state index in [0.29, 0.717) is 65.1 Å². The van der Waals surface area contributed by atoms with Crippen LogP contribution in [0.4, 0.5) is 0 Å². The minimum absolute atomic E-state index is 0.187. The lowest BCUT2D eigenvalue weighted by Crippen LogP contribution is -2.40. The highest BCUT2D eigenvalue weighted by Gasteiger charge is 2.33. The molecule has 4 aromatic rings. The van der Waals surface area contributed by atoms with Crippen LogP contribution in [0.15, 0.2) is 86.2 Å². The molecule has 0 spiro atoms. The Morgan fingerprint density at radius 1 is 1.09 bits per heavy atom. The molecule has 0 saturated heterocycles. The summed E-state index contributed by atoms with van der Waals surface area (Å²) in [7, 11) is 3.10. The summed E-state index contributed by atoms with van der Waals surface area (Å²) in [6, 6.07) is 17.9. The number of fused-ring (bicyclic) bond motifs is 1. The molecule has 1 aromatic heterocycles. The van der Waals surface area contributed by atoms with Gasteiger partial charge in [-0.3, -0.25) is 9.36 Å². The second-order valence-electron chi connectivity index (χ2n) is 9.50. The Morgan fingerprint density at radius 3 is 2.51 bits per heavy atom. The molecule has 1 aliphatic heterocycles. The monoisotopic (exact) mass is 682 g/mol. The van der Waals surface area contributed by atoms with Gasteiger partial charge in [0.25, 0.3) is 5.56 Å². The molecule has 0 amide bonds. The first-order valence-corrected chi connectivity index (χ1v) is 15.3. The van der Waals surface area contributed by atoms with Crippen molar-refractivity contribution in [2.75, 3.05) is 20.8 Å². The molecule has 1 atom stereocenters. The fourth-order valence-corrected chi connectivity index (χ4v) is 6.68. The van der Waals surface area contributed by atoms with Crippen molar-refractivity contribution in [2.45, 2.75) is 26.5 Å². The van der Waals surface area contributed by atoms with Crippen molar-refractivity contribution >= 4 is 50.9 Å². The average Bonchev–Trinajstić information content (AvgIpc) is 3.29. The average molecular weight is 684 g/mol. The van der Waals surface area contributed by atoms with E-state index in [1.165, 1.54) is 23.0 Å². The Hall–Kier alpha value is -3.86. The maximum Gasteiger partial charge on any atom is 0.338 e. The summed E-state index contributed by atoms with van der Waals surface area (Å²) in [5.41, 5.74) is 2.79. The number of nitrogens with zero attached hydrogens (tertiary/aromatic N) is 2. The second-order valence-corrected chi connectivity index (χ2v) is 11.8. The lowest BCUT2D eigenvalue weighted by molar-refractivity contribution is -0.139. The van der Waals surface area contributed by atoms with Gasteiger partial charge in [0, 0.05) is 0 Å². The maximum atomic E-state index is 14.0. The standard InChI is InChI=1S/C32H28BrClN2O6S/c1-5-41-31(38)27-18(2)35-32-36(28(27)21-11-12-24(39-3)22(33)16-21)30(37)26(43-32)15-20-13-23(34)29(25(14-20)40-4)42-17-19-9-7-6-8-10-19/h6-16,28H,5,17H2,1-4H3/b26-15+/t28-/m1/s1. The van der Waals surface area contributed by atoms with E-state index in [4.69, 9.17) is 30.5 Å². The molecule has 43 heavy (non-hydrogen) atoms. The van der Waals surface area contributed by atoms with Gasteiger partial charge in [-0.25, -0.2) is 9.79 Å². The molecular weight excluding hydrogens is 656 g/mol. The van der Waals surface area contributed by atoms with Gasteiger partial charge in [0.2, 0.25) is 0 Å². The van der Waals surface area contributed by atoms with E-state index in [1.54, 1.807) is 45.2 Å². The Balaban J connectivity index is 1.60. The van der Waals surface area contributed by atoms with Crippen molar-refractivity contribution in [1.82, 2.24) is 4.57 Å². The van der Waals surface area contributed by atoms with Crippen molar-refractivity contribution in [3.8, 4) is 17.2 Å². The largest absolute Gasteiger partial charge is 0.496 e. The molecule has 5 rings (SSSR count). The van der Waals surface area contributed by atoms with Gasteiger partial charge in [0.05, 0.1) is 52.2 Å². The molecule has 0 radical (unpaired) electrons. The van der Waals surface area contributed by atoms with E-state index in [9.17, 15) is 9.59 Å². The number of ether oxygens (including phenoxy) is 4. The minimum atomic E-state index is -0.758. The lowest BCUT2D eigenvalue weighted by atomic mass is 9.96. The van der Waals surface area contributed by atoms with Gasteiger partial charge in [0.1, 0.15) is 12.4 Å². The molecule has 0 aliphatic carbocycles. The van der Waals surface area contributed by atoms with Crippen LogP contribution in [0.1, 0.15) is 36.6 Å². The number of allylic oxidation sites excluding steroid dienone is 1. The highest BCUT2D eigenvalue weighted by molar-refractivity contribution is 9.10. The van der Waals surface area contributed by atoms with Crippen LogP contribution in [0.5, 0.6) is 17.2 Å². The normalized spacial score (nSPS) is 14.7. The summed E-state index contributed by atoms with van der Waals surface area (Å²) in [5, 5.41) is 0.343. The molecule has 0 N–H and O–H groups in total. The van der Waals surface area contributed by atoms with Crippen molar-refractivity contribution < 1.29 is 23.7 Å². The molecule has 8 nitrogen and oxygen atoms in total. The van der Waals surface area contributed by atoms with Crippen molar-refractivity contribution in [2.24, 2.45) is 4.99 Å². The number of carbonyl (C=O) groups is 1. The van der Waals surface area contributed by atoms with Gasteiger partial charge in [-0.1, -0.05) is 59.3 Å². The number of rotatable bonds is 9. The number of halogens is 2. The number of hydrogen-bond donors (Lipinski definition) is 0. The first kappa shape index (κ1) is 30.6. The van der Waals surface area contributed by atoms with Gasteiger partial charge in [-0.2, -0.15) is 0 Å². The third kappa shape index (κ3) is 6.27. The zero-order chi connectivity index (χ0) is 30.7. The zero-order valence-corrected chi connectivity index (χ0v) is 27.0. The quantitative estimate of drug-likeness (QED) is 0.207. The molecule has 2 heterocycles.